The Morgan fingerprint density at radius 3 is 2.50 bits per heavy atom. The maximum absolute atomic E-state index is 13.6. The Bertz CT molecular complexity index is 1280. The molecule has 0 aliphatic carbocycles. The molecule has 1 unspecified atom stereocenters. The Hall–Kier alpha value is -3.48. The quantitative estimate of drug-likeness (QED) is 0.268. The van der Waals surface area contributed by atoms with Crippen molar-refractivity contribution in [1.29, 1.82) is 0 Å². The second-order valence-electron chi connectivity index (χ2n) is 10.3. The zero-order chi connectivity index (χ0) is 30.7. The minimum atomic E-state index is -4.94. The number of amides is 1. The van der Waals surface area contributed by atoms with E-state index in [-0.39, 0.29) is 36.5 Å². The molecule has 2 aliphatic rings. The van der Waals surface area contributed by atoms with Crippen LogP contribution in [0, 0.1) is 5.92 Å². The monoisotopic (exact) mass is 602 g/mol. The van der Waals surface area contributed by atoms with Crippen LogP contribution in [0.5, 0.6) is 11.5 Å². The Morgan fingerprint density at radius 2 is 1.81 bits per heavy atom. The third kappa shape index (κ3) is 7.67. The van der Waals surface area contributed by atoms with Gasteiger partial charge in [-0.25, -0.2) is 0 Å². The van der Waals surface area contributed by atoms with Crippen molar-refractivity contribution in [3.05, 3.63) is 53.1 Å². The Labute approximate surface area is 239 Å². The first-order valence-corrected chi connectivity index (χ1v) is 13.6. The van der Waals surface area contributed by atoms with Gasteiger partial charge in [-0.2, -0.15) is 26.3 Å². The molecule has 7 nitrogen and oxygen atoms in total. The summed E-state index contributed by atoms with van der Waals surface area (Å²) in [6.45, 7) is 4.22. The van der Waals surface area contributed by atoms with Gasteiger partial charge in [0.25, 0.3) is 0 Å². The van der Waals surface area contributed by atoms with Crippen molar-refractivity contribution in [2.45, 2.75) is 58.2 Å². The highest BCUT2D eigenvalue weighted by Gasteiger charge is 2.41. The summed E-state index contributed by atoms with van der Waals surface area (Å²) in [5, 5.41) is 0. The molecule has 0 spiro atoms. The molecular weight excluding hydrogens is 570 g/mol. The van der Waals surface area contributed by atoms with Gasteiger partial charge >= 0.3 is 18.3 Å². The van der Waals surface area contributed by atoms with Crippen LogP contribution in [0.4, 0.5) is 32.0 Å². The second-order valence-corrected chi connectivity index (χ2v) is 10.3. The van der Waals surface area contributed by atoms with E-state index in [2.05, 4.69) is 4.74 Å². The number of fused-ring (bicyclic) bond motifs is 1. The van der Waals surface area contributed by atoms with E-state index < -0.39 is 29.8 Å². The van der Waals surface area contributed by atoms with Crippen LogP contribution in [0.15, 0.2) is 36.4 Å². The molecule has 2 aromatic rings. The van der Waals surface area contributed by atoms with Crippen LogP contribution in [0.2, 0.25) is 0 Å². The number of ether oxygens (including phenoxy) is 3. The van der Waals surface area contributed by atoms with Crippen molar-refractivity contribution >= 4 is 17.6 Å². The number of likely N-dealkylation sites (tertiary alicyclic amines) is 1. The van der Waals surface area contributed by atoms with Gasteiger partial charge in [0.05, 0.1) is 24.6 Å². The van der Waals surface area contributed by atoms with Crippen molar-refractivity contribution in [3.8, 4) is 11.5 Å². The van der Waals surface area contributed by atoms with Gasteiger partial charge in [-0.05, 0) is 81.1 Å². The van der Waals surface area contributed by atoms with Crippen LogP contribution in [0.25, 0.3) is 0 Å². The first-order valence-electron chi connectivity index (χ1n) is 13.6. The van der Waals surface area contributed by atoms with Gasteiger partial charge in [0, 0.05) is 18.8 Å². The number of piperidine rings is 1. The van der Waals surface area contributed by atoms with E-state index in [4.69, 9.17) is 9.47 Å². The van der Waals surface area contributed by atoms with E-state index in [0.29, 0.717) is 57.1 Å². The number of hydrogen-bond acceptors (Lipinski definition) is 6. The number of nitrogens with zero attached hydrogens (tertiary/aromatic N) is 2. The van der Waals surface area contributed by atoms with E-state index >= 15 is 0 Å². The molecular formula is C29H32F6N2O5. The number of carbonyl (C=O) groups is 2. The summed E-state index contributed by atoms with van der Waals surface area (Å²) < 4.78 is 94.5. The number of anilines is 1. The molecule has 42 heavy (non-hydrogen) atoms. The van der Waals surface area contributed by atoms with Gasteiger partial charge in [0.2, 0.25) is 5.91 Å². The van der Waals surface area contributed by atoms with Crippen LogP contribution in [-0.4, -0.2) is 61.8 Å². The summed E-state index contributed by atoms with van der Waals surface area (Å²) in [4.78, 5) is 28.9. The summed E-state index contributed by atoms with van der Waals surface area (Å²) in [6.07, 6.45) is -10.1. The molecule has 1 fully saturated rings. The molecule has 0 aromatic heterocycles. The SMILES string of the molecule is CCOC(=O)[C@@H]1CCCN(CC(=O)N2CCc3cc(OCc4ccc(OC(C)C(F)(F)F)c(C(F)(F)F)c4)ccc32)C1. The van der Waals surface area contributed by atoms with Crippen molar-refractivity contribution in [2.75, 3.05) is 37.7 Å². The van der Waals surface area contributed by atoms with E-state index in [1.54, 1.807) is 30.0 Å². The summed E-state index contributed by atoms with van der Waals surface area (Å²) >= 11 is 0. The number of alkyl halides is 6. The van der Waals surface area contributed by atoms with Crippen LogP contribution < -0.4 is 14.4 Å². The summed E-state index contributed by atoms with van der Waals surface area (Å²) in [6, 6.07) is 7.81. The largest absolute Gasteiger partial charge is 0.489 e. The number of rotatable bonds is 9. The normalized spacial score (nSPS) is 18.4. The second kappa shape index (κ2) is 12.8. The van der Waals surface area contributed by atoms with E-state index in [9.17, 15) is 35.9 Å². The van der Waals surface area contributed by atoms with Crippen LogP contribution in [0.3, 0.4) is 0 Å². The van der Waals surface area contributed by atoms with E-state index in [1.807, 2.05) is 4.90 Å². The Morgan fingerprint density at radius 1 is 1.05 bits per heavy atom. The average Bonchev–Trinajstić information content (AvgIpc) is 3.35. The molecule has 0 saturated carbocycles. The first kappa shape index (κ1) is 31.5. The molecule has 0 N–H and O–H groups in total. The van der Waals surface area contributed by atoms with Crippen molar-refractivity contribution < 1.29 is 50.1 Å². The highest BCUT2D eigenvalue weighted by Crippen LogP contribution is 2.39. The Balaban J connectivity index is 1.38. The van der Waals surface area contributed by atoms with Gasteiger partial charge in [0.1, 0.15) is 18.1 Å². The molecule has 13 heteroatoms. The number of hydrogen-bond donors (Lipinski definition) is 0. The average molecular weight is 603 g/mol. The molecule has 2 aliphatic heterocycles. The lowest BCUT2D eigenvalue weighted by molar-refractivity contribution is -0.191. The lowest BCUT2D eigenvalue weighted by Gasteiger charge is -2.32. The molecule has 2 atom stereocenters. The predicted octanol–water partition coefficient (Wildman–Crippen LogP) is 5.78. The van der Waals surface area contributed by atoms with Gasteiger partial charge < -0.3 is 19.1 Å². The van der Waals surface area contributed by atoms with Gasteiger partial charge in [-0.15, -0.1) is 0 Å². The van der Waals surface area contributed by atoms with Crippen molar-refractivity contribution in [3.63, 3.8) is 0 Å². The van der Waals surface area contributed by atoms with E-state index in [1.165, 1.54) is 6.07 Å². The third-order valence-electron chi connectivity index (χ3n) is 7.25. The third-order valence-corrected chi connectivity index (χ3v) is 7.25. The number of benzene rings is 2. The lowest BCUT2D eigenvalue weighted by Crippen LogP contribution is -2.45. The van der Waals surface area contributed by atoms with Gasteiger partial charge in [0.15, 0.2) is 6.10 Å². The summed E-state index contributed by atoms with van der Waals surface area (Å²) in [5.74, 6) is -1.15. The fraction of sp³-hybridized carbons (Fsp3) is 0.517. The van der Waals surface area contributed by atoms with Crippen LogP contribution >= 0.6 is 0 Å². The molecule has 1 saturated heterocycles. The first-order chi connectivity index (χ1) is 19.8. The fourth-order valence-corrected chi connectivity index (χ4v) is 5.07. The highest BCUT2D eigenvalue weighted by atomic mass is 19.4. The smallest absolute Gasteiger partial charge is 0.425 e. The van der Waals surface area contributed by atoms with E-state index in [0.717, 1.165) is 24.5 Å². The van der Waals surface area contributed by atoms with Crippen LogP contribution in [0.1, 0.15) is 43.4 Å². The molecule has 230 valence electrons. The van der Waals surface area contributed by atoms with Gasteiger partial charge in [-0.1, -0.05) is 6.07 Å². The number of halogens is 6. The minimum Gasteiger partial charge on any atom is -0.489 e. The molecule has 0 radical (unpaired) electrons. The van der Waals surface area contributed by atoms with Crippen molar-refractivity contribution in [1.82, 2.24) is 4.90 Å². The maximum Gasteiger partial charge on any atom is 0.425 e. The maximum atomic E-state index is 13.6. The molecule has 1 amide bonds. The molecule has 2 aromatic carbocycles. The van der Waals surface area contributed by atoms with Crippen LogP contribution in [-0.2, 0) is 33.5 Å². The minimum absolute atomic E-state index is 0.0919. The molecule has 2 heterocycles. The zero-order valence-corrected chi connectivity index (χ0v) is 23.2. The number of carbonyl (C=O) groups excluding carboxylic acids is 2. The molecule has 0 bridgehead atoms. The Kier molecular flexibility index (Phi) is 9.59. The number of esters is 1. The van der Waals surface area contributed by atoms with Crippen molar-refractivity contribution in [2.24, 2.45) is 5.92 Å². The fourth-order valence-electron chi connectivity index (χ4n) is 5.07. The highest BCUT2D eigenvalue weighted by molar-refractivity contribution is 5.97. The summed E-state index contributed by atoms with van der Waals surface area (Å²) in [5.41, 5.74) is 0.315. The van der Waals surface area contributed by atoms with Gasteiger partial charge in [-0.3, -0.25) is 14.5 Å². The molecule has 4 rings (SSSR count). The summed E-state index contributed by atoms with van der Waals surface area (Å²) in [7, 11) is 0. The predicted molar refractivity (Wildman–Crippen MR) is 140 cm³/mol. The zero-order valence-electron chi connectivity index (χ0n) is 23.2. The lowest BCUT2D eigenvalue weighted by atomic mass is 9.98. The topological polar surface area (TPSA) is 68.3 Å². The standard InChI is InChI=1S/C29H32F6N2O5/c1-3-40-27(39)21-5-4-11-36(15-21)16-26(38)37-12-10-20-14-22(7-8-24(20)37)41-17-19-6-9-25(23(13-19)29(33,34)35)42-18(2)28(30,31)32/h6-9,13-14,18,21H,3-5,10-12,15-17H2,1-2H3/t18?,21-/m1/s1.